The number of nitriles is 1. The molecule has 0 aliphatic rings. The zero-order valence-corrected chi connectivity index (χ0v) is 9.67. The molecule has 2 nitrogen and oxygen atoms in total. The molecule has 2 aromatic rings. The predicted octanol–water partition coefficient (Wildman–Crippen LogP) is 3.89. The molecule has 0 heterocycles. The second-order valence-electron chi connectivity index (χ2n) is 3.91. The van der Waals surface area contributed by atoms with Crippen LogP contribution in [0.15, 0.2) is 36.4 Å². The third kappa shape index (κ3) is 2.46. The Balaban J connectivity index is 2.29. The predicted molar refractivity (Wildman–Crippen MR) is 65.5 cm³/mol. The van der Waals surface area contributed by atoms with Crippen molar-refractivity contribution in [1.29, 1.82) is 5.26 Å². The Hall–Kier alpha value is -2.41. The second-order valence-corrected chi connectivity index (χ2v) is 3.91. The number of nitrogens with zero attached hydrogens (tertiary/aromatic N) is 1. The van der Waals surface area contributed by atoms with Gasteiger partial charge in [-0.25, -0.2) is 8.78 Å². The molecule has 0 fully saturated rings. The van der Waals surface area contributed by atoms with Crippen LogP contribution >= 0.6 is 0 Å². The molecular weight excluding hydrogens is 234 g/mol. The fourth-order valence-electron chi connectivity index (χ4n) is 1.56. The van der Waals surface area contributed by atoms with Crippen molar-refractivity contribution in [2.24, 2.45) is 0 Å². The summed E-state index contributed by atoms with van der Waals surface area (Å²) in [6.45, 7) is 1.79. The van der Waals surface area contributed by atoms with Crippen LogP contribution in [-0.2, 0) is 0 Å². The summed E-state index contributed by atoms with van der Waals surface area (Å²) >= 11 is 0. The Kier molecular flexibility index (Phi) is 3.24. The van der Waals surface area contributed by atoms with Crippen LogP contribution in [0.2, 0.25) is 0 Å². The molecule has 0 saturated carbocycles. The van der Waals surface area contributed by atoms with Crippen LogP contribution in [0.5, 0.6) is 0 Å². The van der Waals surface area contributed by atoms with E-state index in [4.69, 9.17) is 5.26 Å². The van der Waals surface area contributed by atoms with Gasteiger partial charge in [0.1, 0.15) is 17.7 Å². The molecule has 2 aromatic carbocycles. The van der Waals surface area contributed by atoms with Gasteiger partial charge < -0.3 is 5.32 Å². The largest absolute Gasteiger partial charge is 0.353 e. The van der Waals surface area contributed by atoms with Gasteiger partial charge in [-0.05, 0) is 42.8 Å². The first-order valence-corrected chi connectivity index (χ1v) is 5.33. The van der Waals surface area contributed by atoms with E-state index in [0.717, 1.165) is 11.6 Å². The summed E-state index contributed by atoms with van der Waals surface area (Å²) in [5.74, 6) is -1.03. The van der Waals surface area contributed by atoms with Crippen molar-refractivity contribution < 1.29 is 8.78 Å². The minimum Gasteiger partial charge on any atom is -0.353 e. The highest BCUT2D eigenvalue weighted by Gasteiger charge is 2.05. The maximum Gasteiger partial charge on any atom is 0.146 e. The summed E-state index contributed by atoms with van der Waals surface area (Å²) in [7, 11) is 0. The Bertz CT molecular complexity index is 630. The summed E-state index contributed by atoms with van der Waals surface area (Å²) in [6, 6.07) is 10.5. The number of hydrogen-bond acceptors (Lipinski definition) is 2. The van der Waals surface area contributed by atoms with E-state index in [0.29, 0.717) is 5.69 Å². The van der Waals surface area contributed by atoms with Crippen LogP contribution < -0.4 is 5.32 Å². The molecule has 0 amide bonds. The van der Waals surface area contributed by atoms with Crippen molar-refractivity contribution in [3.05, 3.63) is 59.2 Å². The van der Waals surface area contributed by atoms with Gasteiger partial charge in [0, 0.05) is 5.69 Å². The minimum absolute atomic E-state index is 0.0371. The summed E-state index contributed by atoms with van der Waals surface area (Å²) in [4.78, 5) is 0. The van der Waals surface area contributed by atoms with Gasteiger partial charge in [-0.3, -0.25) is 0 Å². The fourth-order valence-corrected chi connectivity index (χ4v) is 1.56. The standard InChI is InChI=1S/C14H10F2N2/c1-9-2-5-14(13(16)6-9)18-11-4-3-10(8-17)12(15)7-11/h2-7,18H,1H3. The molecule has 0 aliphatic carbocycles. The van der Waals surface area contributed by atoms with Gasteiger partial charge in [0.05, 0.1) is 11.3 Å². The monoisotopic (exact) mass is 244 g/mol. The number of benzene rings is 2. The minimum atomic E-state index is -0.630. The first kappa shape index (κ1) is 12.1. The number of halogens is 2. The number of anilines is 2. The average molecular weight is 244 g/mol. The maximum absolute atomic E-state index is 13.6. The maximum atomic E-state index is 13.6. The van der Waals surface area contributed by atoms with Crippen LogP contribution in [0.25, 0.3) is 0 Å². The SMILES string of the molecule is Cc1ccc(Nc2ccc(C#N)c(F)c2)c(F)c1. The van der Waals surface area contributed by atoms with Gasteiger partial charge >= 0.3 is 0 Å². The number of aryl methyl sites for hydroxylation is 1. The number of nitrogens with one attached hydrogen (secondary N) is 1. The van der Waals surface area contributed by atoms with E-state index in [1.165, 1.54) is 18.2 Å². The van der Waals surface area contributed by atoms with Gasteiger partial charge in [0.25, 0.3) is 0 Å². The van der Waals surface area contributed by atoms with Crippen LogP contribution in [-0.4, -0.2) is 0 Å². The molecule has 4 heteroatoms. The molecule has 18 heavy (non-hydrogen) atoms. The highest BCUT2D eigenvalue weighted by Crippen LogP contribution is 2.22. The van der Waals surface area contributed by atoms with Crippen LogP contribution in [0, 0.1) is 29.9 Å². The highest BCUT2D eigenvalue weighted by molar-refractivity contribution is 5.61. The van der Waals surface area contributed by atoms with Gasteiger partial charge in [0.2, 0.25) is 0 Å². The topological polar surface area (TPSA) is 35.8 Å². The van der Waals surface area contributed by atoms with Gasteiger partial charge in [0.15, 0.2) is 0 Å². The summed E-state index contributed by atoms with van der Waals surface area (Å²) in [5.41, 5.74) is 1.44. The van der Waals surface area contributed by atoms with Crippen LogP contribution in [0.1, 0.15) is 11.1 Å². The molecule has 0 unspecified atom stereocenters. The summed E-state index contributed by atoms with van der Waals surface area (Å²) < 4.78 is 26.9. The quantitative estimate of drug-likeness (QED) is 0.869. The van der Waals surface area contributed by atoms with E-state index in [-0.39, 0.29) is 11.3 Å². The molecule has 2 rings (SSSR count). The molecule has 1 N–H and O–H groups in total. The van der Waals surface area contributed by atoms with Crippen LogP contribution in [0.4, 0.5) is 20.2 Å². The van der Waals surface area contributed by atoms with Gasteiger partial charge in [-0.2, -0.15) is 5.26 Å². The Morgan fingerprint density at radius 3 is 2.44 bits per heavy atom. The Labute approximate surface area is 103 Å². The van der Waals surface area contributed by atoms with Crippen LogP contribution in [0.3, 0.4) is 0 Å². The highest BCUT2D eigenvalue weighted by atomic mass is 19.1. The molecule has 0 saturated heterocycles. The normalized spacial score (nSPS) is 9.89. The van der Waals surface area contributed by atoms with Crippen molar-refractivity contribution >= 4 is 11.4 Å². The zero-order chi connectivity index (χ0) is 13.1. The Morgan fingerprint density at radius 2 is 1.83 bits per heavy atom. The summed E-state index contributed by atoms with van der Waals surface area (Å²) in [6.07, 6.45) is 0. The molecule has 90 valence electrons. The molecule has 0 radical (unpaired) electrons. The number of hydrogen-bond donors (Lipinski definition) is 1. The van der Waals surface area contributed by atoms with E-state index < -0.39 is 11.6 Å². The van der Waals surface area contributed by atoms with E-state index >= 15 is 0 Å². The van der Waals surface area contributed by atoms with Crippen molar-refractivity contribution in [2.75, 3.05) is 5.32 Å². The lowest BCUT2D eigenvalue weighted by Gasteiger charge is -2.08. The number of rotatable bonds is 2. The second kappa shape index (κ2) is 4.84. The molecule has 0 bridgehead atoms. The van der Waals surface area contributed by atoms with Crippen molar-refractivity contribution in [3.8, 4) is 6.07 Å². The molecular formula is C14H10F2N2. The third-order valence-electron chi connectivity index (χ3n) is 2.49. The van der Waals surface area contributed by atoms with E-state index in [2.05, 4.69) is 5.32 Å². The lowest BCUT2D eigenvalue weighted by molar-refractivity contribution is 0.623. The molecule has 0 aromatic heterocycles. The fraction of sp³-hybridized carbons (Fsp3) is 0.0714. The van der Waals surface area contributed by atoms with E-state index in [1.807, 2.05) is 0 Å². The lowest BCUT2D eigenvalue weighted by Crippen LogP contribution is -1.95. The van der Waals surface area contributed by atoms with Crippen molar-refractivity contribution in [3.63, 3.8) is 0 Å². The van der Waals surface area contributed by atoms with Gasteiger partial charge in [-0.1, -0.05) is 6.07 Å². The van der Waals surface area contributed by atoms with E-state index in [1.54, 1.807) is 25.1 Å². The Morgan fingerprint density at radius 1 is 1.06 bits per heavy atom. The van der Waals surface area contributed by atoms with Crippen molar-refractivity contribution in [1.82, 2.24) is 0 Å². The molecule has 0 spiro atoms. The molecule has 0 aliphatic heterocycles. The molecule has 0 atom stereocenters. The zero-order valence-electron chi connectivity index (χ0n) is 9.67. The van der Waals surface area contributed by atoms with Crippen molar-refractivity contribution in [2.45, 2.75) is 6.92 Å². The van der Waals surface area contributed by atoms with Gasteiger partial charge in [-0.15, -0.1) is 0 Å². The lowest BCUT2D eigenvalue weighted by atomic mass is 10.2. The summed E-state index contributed by atoms with van der Waals surface area (Å²) in [5, 5.41) is 11.4. The first-order chi connectivity index (χ1) is 8.60. The average Bonchev–Trinajstić information content (AvgIpc) is 2.33. The third-order valence-corrected chi connectivity index (χ3v) is 2.49. The van der Waals surface area contributed by atoms with E-state index in [9.17, 15) is 8.78 Å². The first-order valence-electron chi connectivity index (χ1n) is 5.33. The smallest absolute Gasteiger partial charge is 0.146 e.